The van der Waals surface area contributed by atoms with Crippen molar-refractivity contribution in [2.45, 2.75) is 16.8 Å². The first-order chi connectivity index (χ1) is 11.7. The molecule has 4 heteroatoms. The van der Waals surface area contributed by atoms with Crippen LogP contribution in [0.1, 0.15) is 5.56 Å². The predicted molar refractivity (Wildman–Crippen MR) is 101 cm³/mol. The zero-order chi connectivity index (χ0) is 16.5. The summed E-state index contributed by atoms with van der Waals surface area (Å²) >= 11 is 7.76. The van der Waals surface area contributed by atoms with Crippen LogP contribution in [-0.4, -0.2) is 9.38 Å². The number of rotatable bonds is 3. The summed E-state index contributed by atoms with van der Waals surface area (Å²) in [5, 5.41) is 1.84. The summed E-state index contributed by atoms with van der Waals surface area (Å²) in [6.07, 6.45) is 2.05. The second kappa shape index (κ2) is 6.34. The van der Waals surface area contributed by atoms with Crippen LogP contribution in [0.25, 0.3) is 16.9 Å². The molecule has 0 bridgehead atoms. The van der Waals surface area contributed by atoms with Gasteiger partial charge in [-0.25, -0.2) is 4.98 Å². The molecule has 2 aromatic carbocycles. The molecule has 4 aromatic rings. The van der Waals surface area contributed by atoms with Gasteiger partial charge in [0.05, 0.1) is 0 Å². The van der Waals surface area contributed by atoms with Gasteiger partial charge in [0.1, 0.15) is 16.4 Å². The SMILES string of the molecule is Cc1ccc(Sc2c(-c3ccc(Cl)cc3)nc3ccccn23)cc1. The van der Waals surface area contributed by atoms with Crippen molar-refractivity contribution >= 4 is 29.0 Å². The van der Waals surface area contributed by atoms with Gasteiger partial charge in [-0.1, -0.05) is 59.3 Å². The van der Waals surface area contributed by atoms with Crippen LogP contribution >= 0.6 is 23.4 Å². The number of imidazole rings is 1. The van der Waals surface area contributed by atoms with E-state index in [0.29, 0.717) is 0 Å². The van der Waals surface area contributed by atoms with Gasteiger partial charge in [-0.05, 0) is 43.3 Å². The number of halogens is 1. The quantitative estimate of drug-likeness (QED) is 0.443. The molecule has 0 amide bonds. The Balaban J connectivity index is 1.86. The maximum Gasteiger partial charge on any atom is 0.138 e. The Hall–Kier alpha value is -2.23. The molecule has 2 nitrogen and oxygen atoms in total. The van der Waals surface area contributed by atoms with Gasteiger partial charge in [0.25, 0.3) is 0 Å². The smallest absolute Gasteiger partial charge is 0.138 e. The molecule has 0 saturated carbocycles. The molecular weight excluding hydrogens is 336 g/mol. The van der Waals surface area contributed by atoms with Gasteiger partial charge in [0.15, 0.2) is 0 Å². The van der Waals surface area contributed by atoms with Crippen LogP contribution in [-0.2, 0) is 0 Å². The summed E-state index contributed by atoms with van der Waals surface area (Å²) in [6, 6.07) is 22.5. The molecule has 0 spiro atoms. The Kier molecular flexibility index (Phi) is 4.05. The van der Waals surface area contributed by atoms with Crippen LogP contribution in [0.2, 0.25) is 5.02 Å². The zero-order valence-corrected chi connectivity index (χ0v) is 14.7. The standard InChI is InChI=1S/C20H15ClN2S/c1-14-5-11-17(12-6-14)24-20-19(15-7-9-16(21)10-8-15)22-18-4-2-3-13-23(18)20/h2-13H,1H3. The Morgan fingerprint density at radius 1 is 0.917 bits per heavy atom. The van der Waals surface area contributed by atoms with E-state index in [2.05, 4.69) is 41.8 Å². The molecule has 0 aliphatic heterocycles. The number of aryl methyl sites for hydroxylation is 1. The highest BCUT2D eigenvalue weighted by Crippen LogP contribution is 2.36. The second-order valence-corrected chi connectivity index (χ2v) is 7.12. The van der Waals surface area contributed by atoms with Crippen molar-refractivity contribution in [3.05, 3.63) is 83.5 Å². The van der Waals surface area contributed by atoms with E-state index in [-0.39, 0.29) is 0 Å². The van der Waals surface area contributed by atoms with Crippen LogP contribution in [0.3, 0.4) is 0 Å². The minimum absolute atomic E-state index is 0.732. The number of hydrogen-bond acceptors (Lipinski definition) is 2. The second-order valence-electron chi connectivity index (χ2n) is 5.62. The van der Waals surface area contributed by atoms with E-state index in [0.717, 1.165) is 27.0 Å². The highest BCUT2D eigenvalue weighted by Gasteiger charge is 2.15. The number of hydrogen-bond donors (Lipinski definition) is 0. The van der Waals surface area contributed by atoms with Gasteiger partial charge in [0.2, 0.25) is 0 Å². The van der Waals surface area contributed by atoms with Gasteiger partial charge in [0, 0.05) is 21.7 Å². The van der Waals surface area contributed by atoms with Crippen molar-refractivity contribution in [3.8, 4) is 11.3 Å². The third-order valence-electron chi connectivity index (χ3n) is 3.84. The average molecular weight is 351 g/mol. The lowest BCUT2D eigenvalue weighted by molar-refractivity contribution is 1.05. The Bertz CT molecular complexity index is 989. The third kappa shape index (κ3) is 2.93. The fourth-order valence-electron chi connectivity index (χ4n) is 2.58. The highest BCUT2D eigenvalue weighted by molar-refractivity contribution is 7.99. The van der Waals surface area contributed by atoms with E-state index in [9.17, 15) is 0 Å². The molecule has 0 unspecified atom stereocenters. The van der Waals surface area contributed by atoms with Crippen LogP contribution in [0.15, 0.2) is 82.8 Å². The van der Waals surface area contributed by atoms with Crippen molar-refractivity contribution < 1.29 is 0 Å². The van der Waals surface area contributed by atoms with Gasteiger partial charge in [-0.3, -0.25) is 4.40 Å². The highest BCUT2D eigenvalue weighted by atomic mass is 35.5. The van der Waals surface area contributed by atoms with E-state index in [1.807, 2.05) is 42.5 Å². The number of pyridine rings is 1. The minimum atomic E-state index is 0.732. The molecular formula is C20H15ClN2S. The summed E-state index contributed by atoms with van der Waals surface area (Å²) in [5.74, 6) is 0. The normalized spacial score (nSPS) is 11.1. The first-order valence-electron chi connectivity index (χ1n) is 7.68. The minimum Gasteiger partial charge on any atom is -0.294 e. The number of aromatic nitrogens is 2. The van der Waals surface area contributed by atoms with Crippen LogP contribution in [0.4, 0.5) is 0 Å². The number of nitrogens with zero attached hydrogens (tertiary/aromatic N) is 2. The molecule has 0 saturated heterocycles. The summed E-state index contributed by atoms with van der Waals surface area (Å²) in [6.45, 7) is 2.10. The molecule has 118 valence electrons. The maximum atomic E-state index is 6.03. The predicted octanol–water partition coefficient (Wildman–Crippen LogP) is 6.11. The summed E-state index contributed by atoms with van der Waals surface area (Å²) in [4.78, 5) is 6.02. The van der Waals surface area contributed by atoms with Crippen molar-refractivity contribution in [1.29, 1.82) is 0 Å². The third-order valence-corrected chi connectivity index (χ3v) is 5.18. The number of benzene rings is 2. The lowest BCUT2D eigenvalue weighted by Gasteiger charge is -2.06. The summed E-state index contributed by atoms with van der Waals surface area (Å²) in [5.41, 5.74) is 4.24. The van der Waals surface area contributed by atoms with Crippen LogP contribution < -0.4 is 0 Å². The first-order valence-corrected chi connectivity index (χ1v) is 8.88. The molecule has 0 aliphatic carbocycles. The zero-order valence-electron chi connectivity index (χ0n) is 13.1. The monoisotopic (exact) mass is 350 g/mol. The lowest BCUT2D eigenvalue weighted by atomic mass is 10.2. The van der Waals surface area contributed by atoms with Gasteiger partial charge >= 0.3 is 0 Å². The fraction of sp³-hybridized carbons (Fsp3) is 0.0500. The summed E-state index contributed by atoms with van der Waals surface area (Å²) in [7, 11) is 0. The molecule has 0 radical (unpaired) electrons. The summed E-state index contributed by atoms with van der Waals surface area (Å²) < 4.78 is 2.13. The molecule has 0 fully saturated rings. The molecule has 0 aliphatic rings. The Labute approximate surface area is 150 Å². The molecule has 24 heavy (non-hydrogen) atoms. The van der Waals surface area contributed by atoms with E-state index < -0.39 is 0 Å². The topological polar surface area (TPSA) is 17.3 Å². The van der Waals surface area contributed by atoms with Crippen LogP contribution in [0.5, 0.6) is 0 Å². The van der Waals surface area contributed by atoms with Crippen molar-refractivity contribution in [2.24, 2.45) is 0 Å². The fourth-order valence-corrected chi connectivity index (χ4v) is 3.72. The van der Waals surface area contributed by atoms with Gasteiger partial charge < -0.3 is 0 Å². The van der Waals surface area contributed by atoms with E-state index >= 15 is 0 Å². The molecule has 0 atom stereocenters. The Morgan fingerprint density at radius 2 is 1.67 bits per heavy atom. The lowest BCUT2D eigenvalue weighted by Crippen LogP contribution is -1.87. The van der Waals surface area contributed by atoms with E-state index in [1.54, 1.807) is 11.8 Å². The average Bonchev–Trinajstić information content (AvgIpc) is 2.96. The van der Waals surface area contributed by atoms with Crippen LogP contribution in [0, 0.1) is 6.92 Å². The molecule has 2 aromatic heterocycles. The Morgan fingerprint density at radius 3 is 2.42 bits per heavy atom. The number of fused-ring (bicyclic) bond motifs is 1. The molecule has 4 rings (SSSR count). The van der Waals surface area contributed by atoms with E-state index in [1.165, 1.54) is 10.5 Å². The largest absolute Gasteiger partial charge is 0.294 e. The van der Waals surface area contributed by atoms with Gasteiger partial charge in [-0.2, -0.15) is 0 Å². The van der Waals surface area contributed by atoms with Crippen molar-refractivity contribution in [2.75, 3.05) is 0 Å². The molecule has 2 heterocycles. The maximum absolute atomic E-state index is 6.03. The first kappa shape index (κ1) is 15.3. The van der Waals surface area contributed by atoms with E-state index in [4.69, 9.17) is 16.6 Å². The van der Waals surface area contributed by atoms with Crippen molar-refractivity contribution in [1.82, 2.24) is 9.38 Å². The van der Waals surface area contributed by atoms with Crippen molar-refractivity contribution in [3.63, 3.8) is 0 Å². The van der Waals surface area contributed by atoms with Gasteiger partial charge in [-0.15, -0.1) is 0 Å². The molecule has 0 N–H and O–H groups in total.